The third-order valence-corrected chi connectivity index (χ3v) is 3.42. The zero-order valence-corrected chi connectivity index (χ0v) is 11.9. The number of amides is 1. The number of nitrogens with one attached hydrogen (secondary N) is 1. The van der Waals surface area contributed by atoms with Crippen LogP contribution in [-0.4, -0.2) is 22.9 Å². The van der Waals surface area contributed by atoms with Crippen molar-refractivity contribution in [2.45, 2.75) is 6.92 Å². The number of aromatic nitrogens is 2. The second kappa shape index (κ2) is 5.92. The zero-order chi connectivity index (χ0) is 13.0. The maximum Gasteiger partial charge on any atom is 0.413 e. The van der Waals surface area contributed by atoms with Gasteiger partial charge < -0.3 is 4.74 Å². The van der Waals surface area contributed by atoms with Crippen molar-refractivity contribution in [1.82, 2.24) is 10.2 Å². The monoisotopic (exact) mass is 327 g/mol. The molecular formula is C11H10BrN3O2S. The Bertz CT molecular complexity index is 541. The number of ether oxygens (including phenoxy) is 1. The summed E-state index contributed by atoms with van der Waals surface area (Å²) in [6.45, 7) is 2.07. The minimum Gasteiger partial charge on any atom is -0.450 e. The van der Waals surface area contributed by atoms with Gasteiger partial charge in [0.25, 0.3) is 0 Å². The van der Waals surface area contributed by atoms with Gasteiger partial charge in [0, 0.05) is 10.0 Å². The molecule has 0 fully saturated rings. The van der Waals surface area contributed by atoms with Gasteiger partial charge in [-0.25, -0.2) is 4.79 Å². The predicted octanol–water partition coefficient (Wildman–Crippen LogP) is 3.54. The van der Waals surface area contributed by atoms with Crippen LogP contribution < -0.4 is 5.32 Å². The summed E-state index contributed by atoms with van der Waals surface area (Å²) in [7, 11) is 0. The van der Waals surface area contributed by atoms with Crippen molar-refractivity contribution in [2.75, 3.05) is 11.9 Å². The Morgan fingerprint density at radius 2 is 2.11 bits per heavy atom. The van der Waals surface area contributed by atoms with Gasteiger partial charge in [0.05, 0.1) is 6.61 Å². The molecule has 7 heteroatoms. The zero-order valence-electron chi connectivity index (χ0n) is 9.51. The molecule has 1 heterocycles. The first kappa shape index (κ1) is 13.0. The standard InChI is InChI=1S/C11H10BrN3O2S/c1-2-17-11(16)13-10-15-14-9(18-10)7-3-5-8(12)6-4-7/h3-6H,2H2,1H3,(H,13,15,16). The van der Waals surface area contributed by atoms with Crippen LogP contribution in [0.3, 0.4) is 0 Å². The highest BCUT2D eigenvalue weighted by molar-refractivity contribution is 9.10. The molecule has 5 nitrogen and oxygen atoms in total. The number of hydrogen-bond acceptors (Lipinski definition) is 5. The molecule has 1 N–H and O–H groups in total. The summed E-state index contributed by atoms with van der Waals surface area (Å²) in [5, 5.41) is 11.6. The Labute approximate surface area is 116 Å². The van der Waals surface area contributed by atoms with E-state index in [0.29, 0.717) is 11.7 Å². The summed E-state index contributed by atoms with van der Waals surface area (Å²) in [4.78, 5) is 11.2. The molecule has 0 spiro atoms. The molecule has 18 heavy (non-hydrogen) atoms. The highest BCUT2D eigenvalue weighted by Crippen LogP contribution is 2.27. The molecule has 1 aromatic heterocycles. The number of benzene rings is 1. The lowest BCUT2D eigenvalue weighted by atomic mass is 10.2. The third kappa shape index (κ3) is 3.27. The lowest BCUT2D eigenvalue weighted by Crippen LogP contribution is -2.12. The molecular weight excluding hydrogens is 318 g/mol. The predicted molar refractivity (Wildman–Crippen MR) is 73.7 cm³/mol. The van der Waals surface area contributed by atoms with Crippen molar-refractivity contribution in [1.29, 1.82) is 0 Å². The van der Waals surface area contributed by atoms with Crippen LogP contribution in [0.1, 0.15) is 6.92 Å². The maximum absolute atomic E-state index is 11.2. The summed E-state index contributed by atoms with van der Waals surface area (Å²) in [5.41, 5.74) is 0.951. The summed E-state index contributed by atoms with van der Waals surface area (Å²) in [5.74, 6) is 0. The molecule has 0 aliphatic rings. The molecule has 0 unspecified atom stereocenters. The van der Waals surface area contributed by atoms with E-state index in [1.165, 1.54) is 11.3 Å². The molecule has 0 saturated heterocycles. The smallest absolute Gasteiger partial charge is 0.413 e. The first-order chi connectivity index (χ1) is 8.69. The highest BCUT2D eigenvalue weighted by Gasteiger charge is 2.09. The molecule has 94 valence electrons. The van der Waals surface area contributed by atoms with Gasteiger partial charge >= 0.3 is 6.09 Å². The lowest BCUT2D eigenvalue weighted by Gasteiger charge is -1.99. The van der Waals surface area contributed by atoms with Crippen LogP contribution in [0.2, 0.25) is 0 Å². The first-order valence-electron chi connectivity index (χ1n) is 5.22. The Balaban J connectivity index is 2.10. The SMILES string of the molecule is CCOC(=O)Nc1nnc(-c2ccc(Br)cc2)s1. The highest BCUT2D eigenvalue weighted by atomic mass is 79.9. The average molecular weight is 328 g/mol. The molecule has 1 amide bonds. The fourth-order valence-corrected chi connectivity index (χ4v) is 2.24. The number of rotatable bonds is 3. The molecule has 0 aliphatic carbocycles. The largest absolute Gasteiger partial charge is 0.450 e. The molecule has 1 aromatic carbocycles. The van der Waals surface area contributed by atoms with Crippen LogP contribution >= 0.6 is 27.3 Å². The minimum absolute atomic E-state index is 0.324. The van der Waals surface area contributed by atoms with Gasteiger partial charge in [-0.1, -0.05) is 39.4 Å². The first-order valence-corrected chi connectivity index (χ1v) is 6.83. The van der Waals surface area contributed by atoms with Crippen molar-refractivity contribution in [3.8, 4) is 10.6 Å². The van der Waals surface area contributed by atoms with Crippen LogP contribution in [0.4, 0.5) is 9.93 Å². The van der Waals surface area contributed by atoms with Gasteiger partial charge in [-0.05, 0) is 19.1 Å². The van der Waals surface area contributed by atoms with Crippen molar-refractivity contribution >= 4 is 38.5 Å². The van der Waals surface area contributed by atoms with E-state index < -0.39 is 6.09 Å². The minimum atomic E-state index is -0.518. The van der Waals surface area contributed by atoms with E-state index >= 15 is 0 Å². The normalized spacial score (nSPS) is 10.1. The second-order valence-electron chi connectivity index (χ2n) is 3.26. The van der Waals surface area contributed by atoms with Crippen molar-refractivity contribution in [3.05, 3.63) is 28.7 Å². The average Bonchev–Trinajstić information content (AvgIpc) is 2.78. The molecule has 2 aromatic rings. The van der Waals surface area contributed by atoms with Crippen molar-refractivity contribution in [3.63, 3.8) is 0 Å². The fourth-order valence-electron chi connectivity index (χ4n) is 1.24. The van der Waals surface area contributed by atoms with E-state index in [0.717, 1.165) is 15.0 Å². The number of carbonyl (C=O) groups is 1. The van der Waals surface area contributed by atoms with Crippen LogP contribution in [0, 0.1) is 0 Å². The molecule has 0 saturated carbocycles. The van der Waals surface area contributed by atoms with Crippen LogP contribution in [0.25, 0.3) is 10.6 Å². The van der Waals surface area contributed by atoms with Gasteiger partial charge in [0.15, 0.2) is 0 Å². The van der Waals surface area contributed by atoms with E-state index in [1.54, 1.807) is 6.92 Å². The van der Waals surface area contributed by atoms with Gasteiger partial charge in [0.2, 0.25) is 5.13 Å². The summed E-state index contributed by atoms with van der Waals surface area (Å²) >= 11 is 4.66. The molecule has 0 aliphatic heterocycles. The van der Waals surface area contributed by atoms with E-state index in [9.17, 15) is 4.79 Å². The Kier molecular flexibility index (Phi) is 4.27. The molecule has 0 atom stereocenters. The van der Waals surface area contributed by atoms with Gasteiger partial charge in [-0.2, -0.15) is 0 Å². The summed E-state index contributed by atoms with van der Waals surface area (Å²) < 4.78 is 5.76. The quantitative estimate of drug-likeness (QED) is 0.936. The molecule has 0 radical (unpaired) electrons. The van der Waals surface area contributed by atoms with Gasteiger partial charge in [0.1, 0.15) is 5.01 Å². The van der Waals surface area contributed by atoms with Gasteiger partial charge in [-0.3, -0.25) is 5.32 Å². The second-order valence-corrected chi connectivity index (χ2v) is 5.16. The Morgan fingerprint density at radius 1 is 1.39 bits per heavy atom. The van der Waals surface area contributed by atoms with Crippen LogP contribution in [0.5, 0.6) is 0 Å². The van der Waals surface area contributed by atoms with E-state index in [1.807, 2.05) is 24.3 Å². The number of nitrogens with zero attached hydrogens (tertiary/aromatic N) is 2. The van der Waals surface area contributed by atoms with Gasteiger partial charge in [-0.15, -0.1) is 10.2 Å². The van der Waals surface area contributed by atoms with E-state index in [2.05, 4.69) is 31.4 Å². The number of halogens is 1. The topological polar surface area (TPSA) is 64.1 Å². The molecule has 0 bridgehead atoms. The van der Waals surface area contributed by atoms with E-state index in [-0.39, 0.29) is 0 Å². The van der Waals surface area contributed by atoms with Crippen LogP contribution in [-0.2, 0) is 4.74 Å². The van der Waals surface area contributed by atoms with Crippen molar-refractivity contribution < 1.29 is 9.53 Å². The third-order valence-electron chi connectivity index (χ3n) is 2.00. The Hall–Kier alpha value is -1.47. The Morgan fingerprint density at radius 3 is 2.78 bits per heavy atom. The summed E-state index contributed by atoms with van der Waals surface area (Å²) in [6.07, 6.45) is -0.518. The number of hydrogen-bond donors (Lipinski definition) is 1. The van der Waals surface area contributed by atoms with E-state index in [4.69, 9.17) is 4.74 Å². The number of carbonyl (C=O) groups excluding carboxylic acids is 1. The summed E-state index contributed by atoms with van der Waals surface area (Å²) in [6, 6.07) is 7.71. The maximum atomic E-state index is 11.2. The van der Waals surface area contributed by atoms with Crippen LogP contribution in [0.15, 0.2) is 28.7 Å². The fraction of sp³-hybridized carbons (Fsp3) is 0.182. The lowest BCUT2D eigenvalue weighted by molar-refractivity contribution is 0.168. The van der Waals surface area contributed by atoms with Crippen molar-refractivity contribution in [2.24, 2.45) is 0 Å². The molecule has 2 rings (SSSR count). The number of anilines is 1.